The third kappa shape index (κ3) is 3.06. The molecule has 4 rings (SSSR count). The van der Waals surface area contributed by atoms with Gasteiger partial charge < -0.3 is 19.9 Å². The van der Waals surface area contributed by atoms with Crippen LogP contribution in [0.15, 0.2) is 41.2 Å². The summed E-state index contributed by atoms with van der Waals surface area (Å²) in [5.41, 5.74) is 1.92. The van der Waals surface area contributed by atoms with Crippen LogP contribution in [0, 0.1) is 0 Å². The Labute approximate surface area is 152 Å². The summed E-state index contributed by atoms with van der Waals surface area (Å²) < 4.78 is 5.72. The van der Waals surface area contributed by atoms with Gasteiger partial charge in [-0.05, 0) is 42.3 Å². The van der Waals surface area contributed by atoms with Crippen molar-refractivity contribution in [2.45, 2.75) is 6.92 Å². The number of benzene rings is 2. The number of nitrogens with one attached hydrogen (secondary N) is 2. The fourth-order valence-electron chi connectivity index (χ4n) is 2.82. The topological polar surface area (TPSA) is 137 Å². The Morgan fingerprint density at radius 3 is 2.59 bits per heavy atom. The maximum Gasteiger partial charge on any atom is 0.281 e. The molecule has 0 aliphatic carbocycles. The van der Waals surface area contributed by atoms with Crippen LogP contribution in [0.25, 0.3) is 33.7 Å². The lowest BCUT2D eigenvalue weighted by Gasteiger charge is -2.12. The molecule has 0 bridgehead atoms. The van der Waals surface area contributed by atoms with Gasteiger partial charge in [-0.2, -0.15) is 0 Å². The van der Waals surface area contributed by atoms with Gasteiger partial charge in [0.05, 0.1) is 12.2 Å². The van der Waals surface area contributed by atoms with Gasteiger partial charge in [-0.25, -0.2) is 10.1 Å². The molecule has 9 nitrogen and oxygen atoms in total. The molecule has 0 atom stereocenters. The minimum Gasteiger partial charge on any atom is -0.508 e. The minimum atomic E-state index is -0.409. The zero-order valence-corrected chi connectivity index (χ0v) is 14.2. The van der Waals surface area contributed by atoms with E-state index in [9.17, 15) is 15.0 Å². The number of nitrogens with zero attached hydrogens (tertiary/aromatic N) is 3. The molecule has 0 radical (unpaired) electrons. The predicted molar refractivity (Wildman–Crippen MR) is 97.7 cm³/mol. The molecule has 27 heavy (non-hydrogen) atoms. The average Bonchev–Trinajstić information content (AvgIpc) is 3.10. The molecular weight excluding hydrogens is 350 g/mol. The van der Waals surface area contributed by atoms with Crippen molar-refractivity contribution < 1.29 is 14.9 Å². The highest BCUT2D eigenvalue weighted by atomic mass is 16.5. The van der Waals surface area contributed by atoms with E-state index >= 15 is 0 Å². The van der Waals surface area contributed by atoms with Crippen molar-refractivity contribution in [3.8, 4) is 39.8 Å². The van der Waals surface area contributed by atoms with Crippen molar-refractivity contribution in [1.82, 2.24) is 25.4 Å². The summed E-state index contributed by atoms with van der Waals surface area (Å²) in [7, 11) is 0. The van der Waals surface area contributed by atoms with E-state index in [2.05, 4.69) is 25.4 Å². The second kappa shape index (κ2) is 6.45. The van der Waals surface area contributed by atoms with Crippen LogP contribution in [-0.4, -0.2) is 42.2 Å². The Morgan fingerprint density at radius 2 is 1.85 bits per heavy atom. The lowest BCUT2D eigenvalue weighted by Crippen LogP contribution is -2.10. The van der Waals surface area contributed by atoms with Gasteiger partial charge >= 0.3 is 0 Å². The highest BCUT2D eigenvalue weighted by molar-refractivity contribution is 5.77. The maximum atomic E-state index is 12.2. The van der Waals surface area contributed by atoms with Gasteiger partial charge in [-0.15, -0.1) is 5.10 Å². The van der Waals surface area contributed by atoms with Crippen LogP contribution < -0.4 is 10.3 Å². The van der Waals surface area contributed by atoms with Gasteiger partial charge in [0.25, 0.3) is 5.56 Å². The van der Waals surface area contributed by atoms with Gasteiger partial charge in [-0.3, -0.25) is 4.79 Å². The number of aromatic hydroxyl groups is 2. The molecule has 0 aliphatic rings. The van der Waals surface area contributed by atoms with E-state index in [4.69, 9.17) is 4.74 Å². The van der Waals surface area contributed by atoms with Gasteiger partial charge in [-0.1, -0.05) is 11.3 Å². The third-order valence-corrected chi connectivity index (χ3v) is 3.97. The summed E-state index contributed by atoms with van der Waals surface area (Å²) in [5.74, 6) is 0.713. The van der Waals surface area contributed by atoms with E-state index in [1.54, 1.807) is 18.2 Å². The number of phenolic OH excluding ortho intramolecular Hbond substituents is 2. The standard InChI is InChI=1S/C18H15N5O4/c1-2-27-14-7-9(10-5-11(24)8-12(25)6-10)3-4-13(14)16-19-17-15(18(26)20-16)21-23-22-17/h3-8,24-25H,2H2,1H3,(H2,19,20,21,22,23,26). The fraction of sp³-hybridized carbons (Fsp3) is 0.111. The fourth-order valence-corrected chi connectivity index (χ4v) is 2.82. The predicted octanol–water partition coefficient (Wildman–Crippen LogP) is 2.19. The summed E-state index contributed by atoms with van der Waals surface area (Å²) in [6, 6.07) is 9.60. The lowest BCUT2D eigenvalue weighted by molar-refractivity contribution is 0.341. The van der Waals surface area contributed by atoms with Crippen molar-refractivity contribution in [1.29, 1.82) is 0 Å². The van der Waals surface area contributed by atoms with E-state index in [0.717, 1.165) is 5.56 Å². The van der Waals surface area contributed by atoms with Crippen LogP contribution in [0.1, 0.15) is 6.92 Å². The Hall–Kier alpha value is -3.88. The second-order valence-corrected chi connectivity index (χ2v) is 5.81. The van der Waals surface area contributed by atoms with Crippen molar-refractivity contribution in [2.24, 2.45) is 0 Å². The summed E-state index contributed by atoms with van der Waals surface area (Å²) in [5, 5.41) is 29.3. The SMILES string of the molecule is CCOc1cc(-c2cc(O)cc(O)c2)ccc1-c1nc2[nH]nnc2c(=O)[nH]1. The minimum absolute atomic E-state index is 0.0461. The molecule has 2 heterocycles. The molecule has 0 unspecified atom stereocenters. The molecule has 0 saturated carbocycles. The first-order valence-electron chi connectivity index (χ1n) is 8.17. The van der Waals surface area contributed by atoms with Gasteiger partial charge in [0.1, 0.15) is 23.1 Å². The molecule has 4 aromatic rings. The zero-order valence-electron chi connectivity index (χ0n) is 14.2. The first-order valence-corrected chi connectivity index (χ1v) is 8.17. The smallest absolute Gasteiger partial charge is 0.281 e. The summed E-state index contributed by atoms with van der Waals surface area (Å²) in [6.07, 6.45) is 0. The van der Waals surface area contributed by atoms with Gasteiger partial charge in [0.15, 0.2) is 11.2 Å². The normalized spacial score (nSPS) is 11.0. The molecule has 0 amide bonds. The quantitative estimate of drug-likeness (QED) is 0.435. The number of ether oxygens (including phenoxy) is 1. The molecule has 2 aromatic carbocycles. The van der Waals surface area contributed by atoms with Crippen molar-refractivity contribution >= 4 is 11.2 Å². The largest absolute Gasteiger partial charge is 0.508 e. The maximum absolute atomic E-state index is 12.2. The van der Waals surface area contributed by atoms with Crippen LogP contribution in [0.5, 0.6) is 17.2 Å². The molecule has 0 aliphatic heterocycles. The number of rotatable bonds is 4. The number of aromatic nitrogens is 5. The highest BCUT2D eigenvalue weighted by Gasteiger charge is 2.14. The monoisotopic (exact) mass is 365 g/mol. The molecule has 4 N–H and O–H groups in total. The molecular formula is C18H15N5O4. The highest BCUT2D eigenvalue weighted by Crippen LogP contribution is 2.35. The third-order valence-electron chi connectivity index (χ3n) is 3.97. The molecule has 9 heteroatoms. The Morgan fingerprint density at radius 1 is 1.07 bits per heavy atom. The van der Waals surface area contributed by atoms with Crippen molar-refractivity contribution in [2.75, 3.05) is 6.61 Å². The molecule has 136 valence electrons. The van der Waals surface area contributed by atoms with E-state index in [-0.39, 0.29) is 22.7 Å². The van der Waals surface area contributed by atoms with E-state index in [0.29, 0.717) is 29.3 Å². The molecule has 0 saturated heterocycles. The molecule has 2 aromatic heterocycles. The number of fused-ring (bicyclic) bond motifs is 1. The van der Waals surface area contributed by atoms with Crippen LogP contribution in [-0.2, 0) is 0 Å². The van der Waals surface area contributed by atoms with Gasteiger partial charge in [0.2, 0.25) is 0 Å². The van der Waals surface area contributed by atoms with E-state index in [1.807, 2.05) is 6.92 Å². The Balaban J connectivity index is 1.86. The summed E-state index contributed by atoms with van der Waals surface area (Å²) in [6.45, 7) is 2.24. The average molecular weight is 365 g/mol. The van der Waals surface area contributed by atoms with Crippen LogP contribution in [0.3, 0.4) is 0 Å². The van der Waals surface area contributed by atoms with E-state index in [1.165, 1.54) is 18.2 Å². The second-order valence-electron chi connectivity index (χ2n) is 5.81. The molecule has 0 spiro atoms. The van der Waals surface area contributed by atoms with Crippen LogP contribution >= 0.6 is 0 Å². The molecule has 0 fully saturated rings. The Kier molecular flexibility index (Phi) is 3.96. The first kappa shape index (κ1) is 16.6. The number of H-pyrrole nitrogens is 2. The summed E-state index contributed by atoms with van der Waals surface area (Å²) >= 11 is 0. The van der Waals surface area contributed by atoms with Crippen molar-refractivity contribution in [3.05, 3.63) is 46.8 Å². The zero-order chi connectivity index (χ0) is 19.0. The van der Waals surface area contributed by atoms with Crippen LogP contribution in [0.2, 0.25) is 0 Å². The van der Waals surface area contributed by atoms with Crippen LogP contribution in [0.4, 0.5) is 0 Å². The first-order chi connectivity index (χ1) is 13.0. The Bertz CT molecular complexity index is 1180. The van der Waals surface area contributed by atoms with Gasteiger partial charge in [0, 0.05) is 6.07 Å². The lowest BCUT2D eigenvalue weighted by atomic mass is 10.0. The number of hydrogen-bond donors (Lipinski definition) is 4. The van der Waals surface area contributed by atoms with Crippen molar-refractivity contribution in [3.63, 3.8) is 0 Å². The summed E-state index contributed by atoms with van der Waals surface area (Å²) in [4.78, 5) is 19.2. The number of phenols is 2. The number of aromatic amines is 2. The number of hydrogen-bond acceptors (Lipinski definition) is 7. The van der Waals surface area contributed by atoms with E-state index < -0.39 is 5.56 Å².